The molecule has 1 aliphatic heterocycles. The molecule has 2 bridgehead atoms. The van der Waals surface area contributed by atoms with Gasteiger partial charge in [0, 0.05) is 44.0 Å². The third-order valence-electron chi connectivity index (χ3n) is 8.12. The number of hydrogen-bond donors (Lipinski definition) is 1. The van der Waals surface area contributed by atoms with Crippen LogP contribution in [0.2, 0.25) is 0 Å². The van der Waals surface area contributed by atoms with Crippen LogP contribution in [0, 0.1) is 11.2 Å². The SMILES string of the molecule is CN(C)C1CCN(C(=O)CC(NC(=O)c2cccnc2)C23CC(c4ccc(F)cc4)(C2)C3)C1. The van der Waals surface area contributed by atoms with Gasteiger partial charge in [0.25, 0.3) is 5.91 Å². The summed E-state index contributed by atoms with van der Waals surface area (Å²) in [5.41, 5.74) is 1.63. The number of benzene rings is 1. The molecule has 4 fully saturated rings. The van der Waals surface area contributed by atoms with E-state index < -0.39 is 0 Å². The second-order valence-electron chi connectivity index (χ2n) is 10.4. The van der Waals surface area contributed by atoms with Crippen molar-refractivity contribution in [2.75, 3.05) is 27.2 Å². The van der Waals surface area contributed by atoms with Crippen molar-refractivity contribution in [2.45, 2.75) is 49.6 Å². The summed E-state index contributed by atoms with van der Waals surface area (Å²) in [7, 11) is 4.10. The first-order valence-corrected chi connectivity index (χ1v) is 11.7. The van der Waals surface area contributed by atoms with Crippen molar-refractivity contribution in [2.24, 2.45) is 5.41 Å². The fraction of sp³-hybridized carbons (Fsp3) is 0.500. The third-order valence-corrected chi connectivity index (χ3v) is 8.12. The predicted molar refractivity (Wildman–Crippen MR) is 123 cm³/mol. The molecule has 4 aliphatic rings. The number of likely N-dealkylation sites (N-methyl/N-ethyl adjacent to an activating group) is 1. The lowest BCUT2D eigenvalue weighted by Gasteiger charge is -2.73. The van der Waals surface area contributed by atoms with Crippen molar-refractivity contribution in [3.8, 4) is 0 Å². The van der Waals surface area contributed by atoms with E-state index >= 15 is 0 Å². The van der Waals surface area contributed by atoms with Crippen molar-refractivity contribution in [1.29, 1.82) is 0 Å². The van der Waals surface area contributed by atoms with Crippen LogP contribution in [0.15, 0.2) is 48.8 Å². The van der Waals surface area contributed by atoms with Gasteiger partial charge in [-0.05, 0) is 80.4 Å². The van der Waals surface area contributed by atoms with Crippen LogP contribution in [0.1, 0.15) is 48.0 Å². The zero-order valence-electron chi connectivity index (χ0n) is 19.3. The van der Waals surface area contributed by atoms with Gasteiger partial charge in [0.05, 0.1) is 5.56 Å². The van der Waals surface area contributed by atoms with Crippen LogP contribution in [0.4, 0.5) is 4.39 Å². The summed E-state index contributed by atoms with van der Waals surface area (Å²) in [6.45, 7) is 1.50. The van der Waals surface area contributed by atoms with Gasteiger partial charge in [-0.3, -0.25) is 14.6 Å². The molecule has 2 atom stereocenters. The molecular weight excluding hydrogens is 419 g/mol. The highest BCUT2D eigenvalue weighted by Crippen LogP contribution is 2.75. The number of aromatic nitrogens is 1. The van der Waals surface area contributed by atoms with Crippen LogP contribution in [0.5, 0.6) is 0 Å². The van der Waals surface area contributed by atoms with E-state index in [9.17, 15) is 14.0 Å². The highest BCUT2D eigenvalue weighted by molar-refractivity contribution is 5.94. The van der Waals surface area contributed by atoms with Gasteiger partial charge in [-0.1, -0.05) is 12.1 Å². The van der Waals surface area contributed by atoms with E-state index in [0.717, 1.165) is 44.3 Å². The van der Waals surface area contributed by atoms with Crippen LogP contribution in [0.3, 0.4) is 0 Å². The maximum absolute atomic E-state index is 13.4. The largest absolute Gasteiger partial charge is 0.348 e. The molecule has 6 rings (SSSR count). The minimum absolute atomic E-state index is 0.0533. The minimum atomic E-state index is -0.228. The summed E-state index contributed by atoms with van der Waals surface area (Å²) < 4.78 is 13.4. The van der Waals surface area contributed by atoms with E-state index in [1.807, 2.05) is 31.1 Å². The first kappa shape index (κ1) is 22.0. The Morgan fingerprint density at radius 1 is 1.21 bits per heavy atom. The molecular formula is C26H31FN4O2. The zero-order valence-corrected chi connectivity index (χ0v) is 19.3. The van der Waals surface area contributed by atoms with Gasteiger partial charge in [0.15, 0.2) is 0 Å². The summed E-state index contributed by atoms with van der Waals surface area (Å²) in [6.07, 6.45) is 7.22. The fourth-order valence-corrected chi connectivity index (χ4v) is 6.20. The number of halogens is 1. The summed E-state index contributed by atoms with van der Waals surface area (Å²) >= 11 is 0. The molecule has 174 valence electrons. The lowest BCUT2D eigenvalue weighted by Crippen LogP contribution is -2.72. The molecule has 3 aliphatic carbocycles. The predicted octanol–water partition coefficient (Wildman–Crippen LogP) is 2.99. The molecule has 0 radical (unpaired) electrons. The quantitative estimate of drug-likeness (QED) is 0.704. The molecule has 1 saturated heterocycles. The van der Waals surface area contributed by atoms with Crippen molar-refractivity contribution >= 4 is 11.8 Å². The number of hydrogen-bond acceptors (Lipinski definition) is 4. The van der Waals surface area contributed by atoms with E-state index in [0.29, 0.717) is 18.0 Å². The fourth-order valence-electron chi connectivity index (χ4n) is 6.20. The second kappa shape index (κ2) is 8.20. The van der Waals surface area contributed by atoms with Crippen LogP contribution < -0.4 is 5.32 Å². The molecule has 2 amide bonds. The number of likely N-dealkylation sites (tertiary alicyclic amines) is 1. The topological polar surface area (TPSA) is 65.5 Å². The third kappa shape index (κ3) is 3.92. The minimum Gasteiger partial charge on any atom is -0.348 e. The molecule has 2 unspecified atom stereocenters. The van der Waals surface area contributed by atoms with Gasteiger partial charge in [0.1, 0.15) is 5.82 Å². The van der Waals surface area contributed by atoms with Crippen molar-refractivity contribution in [3.05, 3.63) is 65.7 Å². The van der Waals surface area contributed by atoms with E-state index in [1.54, 1.807) is 24.5 Å². The smallest absolute Gasteiger partial charge is 0.253 e. The molecule has 7 heteroatoms. The summed E-state index contributed by atoms with van der Waals surface area (Å²) in [5, 5.41) is 3.18. The molecule has 0 spiro atoms. The van der Waals surface area contributed by atoms with Gasteiger partial charge in [0.2, 0.25) is 5.91 Å². The van der Waals surface area contributed by atoms with Crippen LogP contribution >= 0.6 is 0 Å². The highest BCUT2D eigenvalue weighted by Gasteiger charge is 2.71. The van der Waals surface area contributed by atoms with Gasteiger partial charge in [-0.15, -0.1) is 0 Å². The van der Waals surface area contributed by atoms with Gasteiger partial charge in [-0.25, -0.2) is 4.39 Å². The van der Waals surface area contributed by atoms with Crippen molar-refractivity contribution in [3.63, 3.8) is 0 Å². The molecule has 1 aromatic carbocycles. The number of amides is 2. The average Bonchev–Trinajstić information content (AvgIpc) is 3.24. The Hall–Kier alpha value is -2.80. The van der Waals surface area contributed by atoms with Gasteiger partial charge >= 0.3 is 0 Å². The summed E-state index contributed by atoms with van der Waals surface area (Å²) in [4.78, 5) is 34.4. The Labute approximate surface area is 194 Å². The molecule has 1 N–H and O–H groups in total. The number of carbonyl (C=O) groups is 2. The second-order valence-corrected chi connectivity index (χ2v) is 10.4. The monoisotopic (exact) mass is 450 g/mol. The first-order valence-electron chi connectivity index (χ1n) is 11.7. The molecule has 3 saturated carbocycles. The van der Waals surface area contributed by atoms with E-state index in [-0.39, 0.29) is 34.5 Å². The molecule has 33 heavy (non-hydrogen) atoms. The van der Waals surface area contributed by atoms with Gasteiger partial charge < -0.3 is 15.1 Å². The normalized spacial score (nSPS) is 28.7. The molecule has 2 aromatic rings. The Balaban J connectivity index is 1.30. The Morgan fingerprint density at radius 2 is 1.94 bits per heavy atom. The molecule has 1 aromatic heterocycles. The standard InChI is InChI=1S/C26H31FN4O2/c1-30(2)21-9-11-31(14-21)23(32)12-22(29-24(33)18-4-3-10-28-13-18)26-15-25(16-26,17-26)19-5-7-20(27)8-6-19/h3-8,10,13,21-22H,9,11-12,14-17H2,1-2H3,(H,29,33). The number of pyridine rings is 1. The Bertz CT molecular complexity index is 1020. The Kier molecular flexibility index (Phi) is 5.47. The Morgan fingerprint density at radius 3 is 2.55 bits per heavy atom. The summed E-state index contributed by atoms with van der Waals surface area (Å²) in [5.74, 6) is -0.306. The lowest BCUT2D eigenvalue weighted by atomic mass is 9.31. The number of nitrogens with zero attached hydrogens (tertiary/aromatic N) is 3. The van der Waals surface area contributed by atoms with E-state index in [4.69, 9.17) is 0 Å². The van der Waals surface area contributed by atoms with Crippen LogP contribution in [-0.4, -0.2) is 65.9 Å². The summed E-state index contributed by atoms with van der Waals surface area (Å²) in [6, 6.07) is 10.4. The number of nitrogens with one attached hydrogen (secondary N) is 1. The maximum Gasteiger partial charge on any atom is 0.253 e. The zero-order chi connectivity index (χ0) is 23.2. The van der Waals surface area contributed by atoms with E-state index in [2.05, 4.69) is 15.2 Å². The van der Waals surface area contributed by atoms with Crippen LogP contribution in [0.25, 0.3) is 0 Å². The number of carbonyl (C=O) groups excluding carboxylic acids is 2. The first-order chi connectivity index (χ1) is 15.8. The average molecular weight is 451 g/mol. The molecule has 6 nitrogen and oxygen atoms in total. The lowest BCUT2D eigenvalue weighted by molar-refractivity contribution is -0.168. The molecule has 2 heterocycles. The van der Waals surface area contributed by atoms with Crippen LogP contribution in [-0.2, 0) is 10.2 Å². The van der Waals surface area contributed by atoms with Crippen molar-refractivity contribution < 1.29 is 14.0 Å². The van der Waals surface area contributed by atoms with Crippen molar-refractivity contribution in [1.82, 2.24) is 20.1 Å². The highest BCUT2D eigenvalue weighted by atomic mass is 19.1. The number of rotatable bonds is 7. The maximum atomic E-state index is 13.4. The van der Waals surface area contributed by atoms with E-state index in [1.165, 1.54) is 12.1 Å². The van der Waals surface area contributed by atoms with Gasteiger partial charge in [-0.2, -0.15) is 0 Å².